The highest BCUT2D eigenvalue weighted by Gasteiger charge is 2.15. The Morgan fingerprint density at radius 3 is 2.33 bits per heavy atom. The predicted octanol–water partition coefficient (Wildman–Crippen LogP) is 3.07. The number of nitrogens with zero attached hydrogens (tertiary/aromatic N) is 1. The van der Waals surface area contributed by atoms with Crippen molar-refractivity contribution in [3.63, 3.8) is 0 Å². The van der Waals surface area contributed by atoms with Crippen LogP contribution < -0.4 is 15.4 Å². The topological polar surface area (TPSA) is 38.5 Å². The van der Waals surface area contributed by atoms with Crippen molar-refractivity contribution in [1.82, 2.24) is 0 Å². The summed E-state index contributed by atoms with van der Waals surface area (Å²) in [6.07, 6.45) is 0. The maximum absolute atomic E-state index is 14.0. The van der Waals surface area contributed by atoms with Crippen LogP contribution in [0.4, 0.5) is 14.5 Å². The van der Waals surface area contributed by atoms with Crippen molar-refractivity contribution < 1.29 is 13.5 Å². The van der Waals surface area contributed by atoms with Crippen LogP contribution in [0.2, 0.25) is 0 Å². The Labute approximate surface area is 122 Å². The fraction of sp³-hybridized carbons (Fsp3) is 0.250. The predicted molar refractivity (Wildman–Crippen MR) is 79.4 cm³/mol. The summed E-state index contributed by atoms with van der Waals surface area (Å²) in [6.45, 7) is 0.473. The first-order valence-electron chi connectivity index (χ1n) is 6.57. The van der Waals surface area contributed by atoms with Crippen LogP contribution in [0.1, 0.15) is 11.1 Å². The molecule has 21 heavy (non-hydrogen) atoms. The van der Waals surface area contributed by atoms with E-state index in [1.54, 1.807) is 14.2 Å². The van der Waals surface area contributed by atoms with Crippen LogP contribution in [-0.4, -0.2) is 14.2 Å². The summed E-state index contributed by atoms with van der Waals surface area (Å²) in [5.74, 6) is -0.512. The van der Waals surface area contributed by atoms with Gasteiger partial charge in [-0.1, -0.05) is 12.1 Å². The van der Waals surface area contributed by atoms with Crippen molar-refractivity contribution in [2.75, 3.05) is 19.1 Å². The first-order valence-corrected chi connectivity index (χ1v) is 6.57. The number of methoxy groups -OCH3 is 1. The minimum Gasteiger partial charge on any atom is -0.497 e. The monoisotopic (exact) mass is 292 g/mol. The molecule has 0 atom stereocenters. The lowest BCUT2D eigenvalue weighted by atomic mass is 10.1. The fourth-order valence-electron chi connectivity index (χ4n) is 2.22. The smallest absolute Gasteiger partial charge is 0.149 e. The van der Waals surface area contributed by atoms with Gasteiger partial charge in [-0.25, -0.2) is 8.78 Å². The average Bonchev–Trinajstić information content (AvgIpc) is 2.46. The van der Waals surface area contributed by atoms with Crippen LogP contribution in [-0.2, 0) is 13.1 Å². The van der Waals surface area contributed by atoms with E-state index in [4.69, 9.17) is 10.5 Å². The minimum absolute atomic E-state index is 0.0602. The lowest BCUT2D eigenvalue weighted by molar-refractivity contribution is 0.414. The Kier molecular flexibility index (Phi) is 4.75. The van der Waals surface area contributed by atoms with E-state index in [1.165, 1.54) is 17.0 Å². The quantitative estimate of drug-likeness (QED) is 0.920. The highest BCUT2D eigenvalue weighted by atomic mass is 19.1. The lowest BCUT2D eigenvalue weighted by Crippen LogP contribution is -2.19. The summed E-state index contributed by atoms with van der Waals surface area (Å²) in [5.41, 5.74) is 6.68. The highest BCUT2D eigenvalue weighted by molar-refractivity contribution is 5.50. The molecule has 2 aromatic rings. The van der Waals surface area contributed by atoms with Crippen LogP contribution in [0.15, 0.2) is 36.4 Å². The third kappa shape index (κ3) is 3.49. The Hall–Kier alpha value is -2.14. The Balaban J connectivity index is 2.25. The van der Waals surface area contributed by atoms with Gasteiger partial charge in [0.2, 0.25) is 0 Å². The number of nitrogens with two attached hydrogens (primary N) is 1. The SMILES string of the molecule is COc1cccc(CN(C)c2c(F)cc(CN)cc2F)c1. The Morgan fingerprint density at radius 2 is 1.76 bits per heavy atom. The first kappa shape index (κ1) is 15.3. The number of ether oxygens (including phenoxy) is 1. The zero-order valence-electron chi connectivity index (χ0n) is 12.1. The van der Waals surface area contributed by atoms with Crippen molar-refractivity contribution >= 4 is 5.69 Å². The van der Waals surface area contributed by atoms with Gasteiger partial charge in [-0.3, -0.25) is 0 Å². The summed E-state index contributed by atoms with van der Waals surface area (Å²) in [6, 6.07) is 9.90. The lowest BCUT2D eigenvalue weighted by Gasteiger charge is -2.21. The highest BCUT2D eigenvalue weighted by Crippen LogP contribution is 2.26. The van der Waals surface area contributed by atoms with Crippen LogP contribution in [0.5, 0.6) is 5.75 Å². The average molecular weight is 292 g/mol. The number of halogens is 2. The molecule has 0 spiro atoms. The summed E-state index contributed by atoms with van der Waals surface area (Å²) in [5, 5.41) is 0. The van der Waals surface area contributed by atoms with Crippen LogP contribution >= 0.6 is 0 Å². The van der Waals surface area contributed by atoms with Gasteiger partial charge in [0.05, 0.1) is 7.11 Å². The maximum atomic E-state index is 14.0. The molecule has 2 aromatic carbocycles. The molecule has 0 amide bonds. The third-order valence-electron chi connectivity index (χ3n) is 3.25. The molecule has 0 heterocycles. The molecule has 0 bridgehead atoms. The van der Waals surface area contributed by atoms with Crippen LogP contribution in [0.3, 0.4) is 0 Å². The molecule has 0 fully saturated rings. The second kappa shape index (κ2) is 6.54. The number of benzene rings is 2. The van der Waals surface area contributed by atoms with E-state index in [0.717, 1.165) is 5.56 Å². The van der Waals surface area contributed by atoms with Crippen LogP contribution in [0.25, 0.3) is 0 Å². The summed E-state index contributed by atoms with van der Waals surface area (Å²) in [7, 11) is 3.22. The molecule has 0 saturated carbocycles. The van der Waals surface area contributed by atoms with E-state index in [-0.39, 0.29) is 12.2 Å². The molecule has 112 valence electrons. The summed E-state index contributed by atoms with van der Waals surface area (Å²) < 4.78 is 33.2. The second-order valence-electron chi connectivity index (χ2n) is 4.82. The van der Waals surface area contributed by atoms with Gasteiger partial charge in [0.25, 0.3) is 0 Å². The van der Waals surface area contributed by atoms with Crippen molar-refractivity contribution in [1.29, 1.82) is 0 Å². The molecule has 5 heteroatoms. The van der Waals surface area contributed by atoms with E-state index >= 15 is 0 Å². The fourth-order valence-corrected chi connectivity index (χ4v) is 2.22. The molecule has 0 unspecified atom stereocenters. The molecule has 0 saturated heterocycles. The van der Waals surface area contributed by atoms with Gasteiger partial charge in [-0.2, -0.15) is 0 Å². The van der Waals surface area contributed by atoms with Crippen molar-refractivity contribution in [3.05, 3.63) is 59.2 Å². The Bertz CT molecular complexity index is 608. The van der Waals surface area contributed by atoms with Crippen LogP contribution in [0, 0.1) is 11.6 Å². The summed E-state index contributed by atoms with van der Waals surface area (Å²) in [4.78, 5) is 1.53. The van der Waals surface area contributed by atoms with Gasteiger partial charge in [0.15, 0.2) is 0 Å². The normalized spacial score (nSPS) is 10.5. The number of rotatable bonds is 5. The van der Waals surface area contributed by atoms with Crippen molar-refractivity contribution in [2.45, 2.75) is 13.1 Å². The maximum Gasteiger partial charge on any atom is 0.149 e. The molecule has 0 aliphatic heterocycles. The molecule has 2 rings (SSSR count). The van der Waals surface area contributed by atoms with Gasteiger partial charge in [-0.15, -0.1) is 0 Å². The second-order valence-corrected chi connectivity index (χ2v) is 4.82. The molecule has 0 radical (unpaired) electrons. The number of hydrogen-bond acceptors (Lipinski definition) is 3. The van der Waals surface area contributed by atoms with E-state index in [2.05, 4.69) is 0 Å². The van der Waals surface area contributed by atoms with Gasteiger partial charge >= 0.3 is 0 Å². The van der Waals surface area contributed by atoms with Gasteiger partial charge in [0, 0.05) is 20.1 Å². The molecule has 3 nitrogen and oxygen atoms in total. The van der Waals surface area contributed by atoms with Crippen molar-refractivity contribution in [2.24, 2.45) is 5.73 Å². The summed E-state index contributed by atoms with van der Waals surface area (Å²) >= 11 is 0. The molecular formula is C16H18F2N2O. The Morgan fingerprint density at radius 1 is 1.10 bits per heavy atom. The van der Waals surface area contributed by atoms with E-state index in [1.807, 2.05) is 24.3 Å². The molecule has 0 aromatic heterocycles. The van der Waals surface area contributed by atoms with Gasteiger partial charge < -0.3 is 15.4 Å². The standard InChI is InChI=1S/C16H18F2N2O/c1-20(10-11-4-3-5-13(6-11)21-2)16-14(17)7-12(9-19)8-15(16)18/h3-8H,9-10,19H2,1-2H3. The molecule has 0 aliphatic carbocycles. The molecular weight excluding hydrogens is 274 g/mol. The zero-order chi connectivity index (χ0) is 15.4. The van der Waals surface area contributed by atoms with Gasteiger partial charge in [0.1, 0.15) is 23.1 Å². The van der Waals surface area contributed by atoms with E-state index in [0.29, 0.717) is 17.9 Å². The first-order chi connectivity index (χ1) is 10.0. The molecule has 2 N–H and O–H groups in total. The number of hydrogen-bond donors (Lipinski definition) is 1. The van der Waals surface area contributed by atoms with E-state index in [9.17, 15) is 8.78 Å². The third-order valence-corrected chi connectivity index (χ3v) is 3.25. The number of anilines is 1. The molecule has 0 aliphatic rings. The van der Waals surface area contributed by atoms with E-state index < -0.39 is 11.6 Å². The van der Waals surface area contributed by atoms with Gasteiger partial charge in [-0.05, 0) is 35.4 Å². The largest absolute Gasteiger partial charge is 0.497 e. The van der Waals surface area contributed by atoms with Crippen molar-refractivity contribution in [3.8, 4) is 5.75 Å². The minimum atomic E-state index is -0.610. The zero-order valence-corrected chi connectivity index (χ0v) is 12.1.